The van der Waals surface area contributed by atoms with Crippen LogP contribution >= 0.6 is 35.6 Å². The summed E-state index contributed by atoms with van der Waals surface area (Å²) in [4.78, 5) is 25.5. The van der Waals surface area contributed by atoms with Crippen LogP contribution in [0.5, 0.6) is 5.75 Å². The standard InChI is InChI=1S/C19H15ClN2O3S2/c1-2-25-15-9-4-3-6-12(15)11-16-18(24)22(19(26)27-16)21-17(23)13-7-5-8-14(20)10-13/h3-11H,2H2,1H3,(H,21,23)/b16-11+. The van der Waals surface area contributed by atoms with Gasteiger partial charge < -0.3 is 4.74 Å². The van der Waals surface area contributed by atoms with Crippen LogP contribution in [0.4, 0.5) is 0 Å². The minimum absolute atomic E-state index is 0.246. The lowest BCUT2D eigenvalue weighted by atomic mass is 10.2. The summed E-state index contributed by atoms with van der Waals surface area (Å²) in [5, 5.41) is 1.50. The summed E-state index contributed by atoms with van der Waals surface area (Å²) in [6.45, 7) is 2.41. The highest BCUT2D eigenvalue weighted by molar-refractivity contribution is 8.26. The smallest absolute Gasteiger partial charge is 0.285 e. The third-order valence-electron chi connectivity index (χ3n) is 3.60. The van der Waals surface area contributed by atoms with E-state index in [4.69, 9.17) is 28.6 Å². The minimum Gasteiger partial charge on any atom is -0.493 e. The number of carbonyl (C=O) groups is 2. The normalized spacial score (nSPS) is 15.3. The van der Waals surface area contributed by atoms with Gasteiger partial charge in [0.25, 0.3) is 11.8 Å². The van der Waals surface area contributed by atoms with Crippen LogP contribution in [0.15, 0.2) is 53.4 Å². The third-order valence-corrected chi connectivity index (χ3v) is 5.14. The molecule has 138 valence electrons. The van der Waals surface area contributed by atoms with Gasteiger partial charge in [-0.05, 0) is 49.5 Å². The summed E-state index contributed by atoms with van der Waals surface area (Å²) in [7, 11) is 0. The van der Waals surface area contributed by atoms with Gasteiger partial charge in [0.2, 0.25) is 0 Å². The molecule has 3 rings (SSSR count). The number of rotatable bonds is 5. The van der Waals surface area contributed by atoms with Crippen molar-refractivity contribution < 1.29 is 14.3 Å². The molecule has 27 heavy (non-hydrogen) atoms. The molecule has 0 radical (unpaired) electrons. The van der Waals surface area contributed by atoms with Crippen molar-refractivity contribution in [3.63, 3.8) is 0 Å². The summed E-state index contributed by atoms with van der Waals surface area (Å²) in [6.07, 6.45) is 1.70. The van der Waals surface area contributed by atoms with E-state index in [0.717, 1.165) is 22.3 Å². The number of hydrogen-bond donors (Lipinski definition) is 1. The van der Waals surface area contributed by atoms with Crippen LogP contribution < -0.4 is 10.2 Å². The summed E-state index contributed by atoms with van der Waals surface area (Å²) < 4.78 is 5.82. The first-order valence-corrected chi connectivity index (χ1v) is 9.66. The van der Waals surface area contributed by atoms with Crippen LogP contribution in [-0.2, 0) is 4.79 Å². The van der Waals surface area contributed by atoms with E-state index in [1.807, 2.05) is 31.2 Å². The van der Waals surface area contributed by atoms with E-state index in [0.29, 0.717) is 27.8 Å². The number of carbonyl (C=O) groups excluding carboxylic acids is 2. The van der Waals surface area contributed by atoms with Gasteiger partial charge in [-0.2, -0.15) is 5.01 Å². The maximum Gasteiger partial charge on any atom is 0.285 e. The Morgan fingerprint density at radius 1 is 1.30 bits per heavy atom. The number of thioether (sulfide) groups is 1. The Morgan fingerprint density at radius 3 is 2.81 bits per heavy atom. The molecule has 1 N–H and O–H groups in total. The Balaban J connectivity index is 1.80. The number of nitrogens with one attached hydrogen (secondary N) is 1. The van der Waals surface area contributed by atoms with Crippen LogP contribution in [-0.4, -0.2) is 27.8 Å². The largest absolute Gasteiger partial charge is 0.493 e. The van der Waals surface area contributed by atoms with E-state index in [1.54, 1.807) is 24.3 Å². The van der Waals surface area contributed by atoms with Crippen LogP contribution in [0.1, 0.15) is 22.8 Å². The van der Waals surface area contributed by atoms with E-state index >= 15 is 0 Å². The van der Waals surface area contributed by atoms with Gasteiger partial charge in [0.1, 0.15) is 5.75 Å². The number of amides is 2. The average molecular weight is 419 g/mol. The Labute approximate surface area is 171 Å². The lowest BCUT2D eigenvalue weighted by Gasteiger charge is -2.15. The molecule has 0 unspecified atom stereocenters. The number of nitrogens with zero attached hydrogens (tertiary/aromatic N) is 1. The molecular formula is C19H15ClN2O3S2. The first-order chi connectivity index (χ1) is 13.0. The van der Waals surface area contributed by atoms with Crippen LogP contribution in [0.2, 0.25) is 5.02 Å². The molecule has 1 aliphatic heterocycles. The SMILES string of the molecule is CCOc1ccccc1/C=C1/SC(=S)N(NC(=O)c2cccc(Cl)c2)C1=O. The summed E-state index contributed by atoms with van der Waals surface area (Å²) in [5.41, 5.74) is 3.63. The van der Waals surface area contributed by atoms with E-state index in [-0.39, 0.29) is 4.32 Å². The highest BCUT2D eigenvalue weighted by Crippen LogP contribution is 2.33. The van der Waals surface area contributed by atoms with Crippen molar-refractivity contribution in [2.75, 3.05) is 6.61 Å². The molecule has 1 fully saturated rings. The fourth-order valence-corrected chi connectivity index (χ4v) is 3.75. The molecule has 1 aliphatic rings. The molecule has 0 aliphatic carbocycles. The second-order valence-electron chi connectivity index (χ2n) is 5.44. The molecule has 0 spiro atoms. The summed E-state index contributed by atoms with van der Waals surface area (Å²) in [6, 6.07) is 13.8. The molecule has 1 saturated heterocycles. The summed E-state index contributed by atoms with van der Waals surface area (Å²) in [5.74, 6) is -0.190. The topological polar surface area (TPSA) is 58.6 Å². The molecule has 2 amide bonds. The second-order valence-corrected chi connectivity index (χ2v) is 7.55. The number of halogens is 1. The number of hydrazine groups is 1. The number of benzene rings is 2. The van der Waals surface area contributed by atoms with Gasteiger partial charge >= 0.3 is 0 Å². The minimum atomic E-state index is -0.468. The number of thiocarbonyl (C=S) groups is 1. The maximum atomic E-state index is 12.7. The number of hydrogen-bond acceptors (Lipinski definition) is 5. The lowest BCUT2D eigenvalue weighted by molar-refractivity contribution is -0.123. The molecule has 2 aromatic rings. The highest BCUT2D eigenvalue weighted by atomic mass is 35.5. The van der Waals surface area contributed by atoms with Crippen molar-refractivity contribution in [1.82, 2.24) is 10.4 Å². The van der Waals surface area contributed by atoms with Gasteiger partial charge in [0.15, 0.2) is 4.32 Å². The molecule has 5 nitrogen and oxygen atoms in total. The molecule has 0 saturated carbocycles. The Morgan fingerprint density at radius 2 is 2.07 bits per heavy atom. The van der Waals surface area contributed by atoms with Crippen molar-refractivity contribution >= 4 is 57.8 Å². The van der Waals surface area contributed by atoms with Gasteiger partial charge in [0.05, 0.1) is 11.5 Å². The van der Waals surface area contributed by atoms with Crippen molar-refractivity contribution in [2.24, 2.45) is 0 Å². The Kier molecular flexibility index (Phi) is 6.15. The highest BCUT2D eigenvalue weighted by Gasteiger charge is 2.34. The molecule has 1 heterocycles. The van der Waals surface area contributed by atoms with E-state index in [1.165, 1.54) is 6.07 Å². The average Bonchev–Trinajstić information content (AvgIpc) is 2.91. The zero-order valence-corrected chi connectivity index (χ0v) is 16.7. The van der Waals surface area contributed by atoms with Gasteiger partial charge in [-0.15, -0.1) is 0 Å². The molecule has 2 aromatic carbocycles. The zero-order valence-electron chi connectivity index (χ0n) is 14.3. The summed E-state index contributed by atoms with van der Waals surface area (Å²) >= 11 is 12.3. The van der Waals surface area contributed by atoms with Crippen molar-refractivity contribution in [3.05, 3.63) is 69.6 Å². The first kappa shape index (κ1) is 19.4. The van der Waals surface area contributed by atoms with Gasteiger partial charge in [-0.1, -0.05) is 47.6 Å². The predicted octanol–water partition coefficient (Wildman–Crippen LogP) is 4.28. The second kappa shape index (κ2) is 8.56. The number of para-hydroxylation sites is 1. The van der Waals surface area contributed by atoms with Gasteiger partial charge in [-0.3, -0.25) is 15.0 Å². The fourth-order valence-electron chi connectivity index (χ4n) is 2.39. The Bertz CT molecular complexity index is 946. The van der Waals surface area contributed by atoms with Crippen molar-refractivity contribution in [1.29, 1.82) is 0 Å². The lowest BCUT2D eigenvalue weighted by Crippen LogP contribution is -2.44. The predicted molar refractivity (Wildman–Crippen MR) is 112 cm³/mol. The Hall–Kier alpha value is -2.35. The van der Waals surface area contributed by atoms with Crippen molar-refractivity contribution in [3.8, 4) is 5.75 Å². The molecule has 0 aromatic heterocycles. The van der Waals surface area contributed by atoms with E-state index < -0.39 is 11.8 Å². The van der Waals surface area contributed by atoms with Crippen LogP contribution in [0.25, 0.3) is 6.08 Å². The van der Waals surface area contributed by atoms with Gasteiger partial charge in [-0.25, -0.2) is 0 Å². The van der Waals surface area contributed by atoms with E-state index in [9.17, 15) is 9.59 Å². The molecule has 8 heteroatoms. The van der Waals surface area contributed by atoms with Crippen molar-refractivity contribution in [2.45, 2.75) is 6.92 Å². The van der Waals surface area contributed by atoms with Gasteiger partial charge in [0, 0.05) is 16.1 Å². The third kappa shape index (κ3) is 4.50. The molecule has 0 atom stereocenters. The zero-order chi connectivity index (χ0) is 19.4. The maximum absolute atomic E-state index is 12.7. The molecular weight excluding hydrogens is 404 g/mol. The fraction of sp³-hybridized carbons (Fsp3) is 0.105. The molecule has 0 bridgehead atoms. The van der Waals surface area contributed by atoms with E-state index in [2.05, 4.69) is 5.43 Å². The first-order valence-electron chi connectivity index (χ1n) is 8.06. The van der Waals surface area contributed by atoms with Crippen LogP contribution in [0.3, 0.4) is 0 Å². The van der Waals surface area contributed by atoms with Crippen LogP contribution in [0, 0.1) is 0 Å². The quantitative estimate of drug-likeness (QED) is 0.580. The monoisotopic (exact) mass is 418 g/mol. The number of ether oxygens (including phenoxy) is 1.